The van der Waals surface area contributed by atoms with Gasteiger partial charge in [-0.05, 0) is 6.07 Å². The van der Waals surface area contributed by atoms with Crippen LogP contribution in [0.2, 0.25) is 5.02 Å². The molecule has 2 rings (SSSR count). The molecule has 0 saturated heterocycles. The number of fused-ring (bicyclic) bond motifs is 1. The van der Waals surface area contributed by atoms with Gasteiger partial charge in [0.2, 0.25) is 0 Å². The van der Waals surface area contributed by atoms with Crippen LogP contribution in [0, 0.1) is 6.92 Å². The summed E-state index contributed by atoms with van der Waals surface area (Å²) in [5.74, 6) is -0.643. The van der Waals surface area contributed by atoms with E-state index < -0.39 is 5.97 Å². The van der Waals surface area contributed by atoms with Crippen molar-refractivity contribution in [1.82, 2.24) is 4.98 Å². The van der Waals surface area contributed by atoms with Gasteiger partial charge in [-0.15, -0.1) is 0 Å². The van der Waals surface area contributed by atoms with Crippen molar-refractivity contribution in [3.8, 4) is 0 Å². The molecule has 1 aromatic carbocycles. The Labute approximate surface area is 84.1 Å². The second-order valence-electron chi connectivity index (χ2n) is 2.84. The van der Waals surface area contributed by atoms with Crippen LogP contribution in [-0.2, 0) is 0 Å². The third-order valence-corrected chi connectivity index (χ3v) is 2.02. The maximum Gasteiger partial charge on any atom is 0.338 e. The number of rotatable bonds is 1. The molecule has 1 N–H and O–H groups in total. The number of nitrogens with zero attached hydrogens (tertiary/aromatic N) is 1. The quantitative estimate of drug-likeness (QED) is 0.787. The van der Waals surface area contributed by atoms with Crippen LogP contribution in [0.25, 0.3) is 11.1 Å². The van der Waals surface area contributed by atoms with Crippen molar-refractivity contribution in [3.63, 3.8) is 0 Å². The fourth-order valence-electron chi connectivity index (χ4n) is 1.27. The Morgan fingerprint density at radius 1 is 1.57 bits per heavy atom. The number of hydrogen-bond donors (Lipinski definition) is 1. The van der Waals surface area contributed by atoms with Gasteiger partial charge in [0.05, 0.1) is 5.56 Å². The number of aromatic nitrogens is 1. The van der Waals surface area contributed by atoms with E-state index in [1.54, 1.807) is 13.0 Å². The van der Waals surface area contributed by atoms with E-state index >= 15 is 0 Å². The molecule has 0 aliphatic carbocycles. The summed E-state index contributed by atoms with van der Waals surface area (Å²) < 4.78 is 5.18. The van der Waals surface area contributed by atoms with E-state index in [2.05, 4.69) is 4.98 Å². The Morgan fingerprint density at radius 3 is 2.93 bits per heavy atom. The fourth-order valence-corrected chi connectivity index (χ4v) is 1.48. The molecule has 0 saturated carbocycles. The first-order valence-electron chi connectivity index (χ1n) is 3.88. The van der Waals surface area contributed by atoms with E-state index in [-0.39, 0.29) is 5.56 Å². The molecule has 1 aromatic heterocycles. The fraction of sp³-hybridized carbons (Fsp3) is 0.111. The first-order valence-corrected chi connectivity index (χ1v) is 4.25. The van der Waals surface area contributed by atoms with Crippen LogP contribution in [0.1, 0.15) is 16.2 Å². The molecule has 72 valence electrons. The van der Waals surface area contributed by atoms with Crippen LogP contribution in [0.5, 0.6) is 0 Å². The topological polar surface area (TPSA) is 63.3 Å². The Balaban J connectivity index is 2.85. The number of carbonyl (C=O) groups is 1. The van der Waals surface area contributed by atoms with E-state index in [0.717, 1.165) is 0 Å². The Morgan fingerprint density at radius 2 is 2.29 bits per heavy atom. The predicted molar refractivity (Wildman–Crippen MR) is 50.7 cm³/mol. The number of aryl methyl sites for hydroxylation is 1. The van der Waals surface area contributed by atoms with Crippen molar-refractivity contribution < 1.29 is 14.3 Å². The molecule has 0 fully saturated rings. The first kappa shape index (κ1) is 9.02. The minimum Gasteiger partial charge on any atom is -0.478 e. The van der Waals surface area contributed by atoms with Gasteiger partial charge in [-0.3, -0.25) is 0 Å². The summed E-state index contributed by atoms with van der Waals surface area (Å²) in [5, 5.41) is 9.20. The summed E-state index contributed by atoms with van der Waals surface area (Å²) >= 11 is 5.73. The van der Waals surface area contributed by atoms with Crippen LogP contribution in [0.4, 0.5) is 0 Å². The largest absolute Gasteiger partial charge is 0.478 e. The molecule has 1 heterocycles. The summed E-state index contributed by atoms with van der Waals surface area (Å²) in [5.41, 5.74) is 0.788. The lowest BCUT2D eigenvalue weighted by Crippen LogP contribution is -1.97. The molecular weight excluding hydrogens is 206 g/mol. The summed E-state index contributed by atoms with van der Waals surface area (Å²) in [7, 11) is 0. The van der Waals surface area contributed by atoms with Gasteiger partial charge in [-0.1, -0.05) is 11.6 Å². The Kier molecular flexibility index (Phi) is 1.93. The summed E-state index contributed by atoms with van der Waals surface area (Å²) in [4.78, 5) is 14.8. The van der Waals surface area contributed by atoms with Crippen molar-refractivity contribution >= 4 is 28.7 Å². The summed E-state index contributed by atoms with van der Waals surface area (Å²) in [6, 6.07) is 2.90. The second-order valence-corrected chi connectivity index (χ2v) is 3.27. The van der Waals surface area contributed by atoms with Gasteiger partial charge in [-0.2, -0.15) is 0 Å². The molecule has 0 unspecified atom stereocenters. The maximum atomic E-state index is 10.8. The number of carboxylic acids is 1. The average molecular weight is 212 g/mol. The zero-order valence-corrected chi connectivity index (χ0v) is 8.00. The normalized spacial score (nSPS) is 10.7. The van der Waals surface area contributed by atoms with Gasteiger partial charge >= 0.3 is 5.97 Å². The molecule has 14 heavy (non-hydrogen) atoms. The van der Waals surface area contributed by atoms with Crippen molar-refractivity contribution in [2.24, 2.45) is 0 Å². The SMILES string of the molecule is Cc1nc2c(C(=O)O)cc(Cl)cc2o1. The number of aromatic carboxylic acids is 1. The molecule has 0 atom stereocenters. The van der Waals surface area contributed by atoms with Crippen LogP contribution in [0.3, 0.4) is 0 Å². The molecule has 0 spiro atoms. The molecule has 0 aliphatic heterocycles. The van der Waals surface area contributed by atoms with Gasteiger partial charge < -0.3 is 9.52 Å². The smallest absolute Gasteiger partial charge is 0.338 e. The lowest BCUT2D eigenvalue weighted by atomic mass is 10.2. The van der Waals surface area contributed by atoms with E-state index in [0.29, 0.717) is 22.0 Å². The molecule has 2 aromatic rings. The minimum atomic E-state index is -1.06. The van der Waals surface area contributed by atoms with Gasteiger partial charge in [0, 0.05) is 18.0 Å². The van der Waals surface area contributed by atoms with Crippen LogP contribution in [0.15, 0.2) is 16.5 Å². The highest BCUT2D eigenvalue weighted by molar-refractivity contribution is 6.31. The highest BCUT2D eigenvalue weighted by Crippen LogP contribution is 2.24. The number of carboxylic acid groups (broad SMARTS) is 1. The monoisotopic (exact) mass is 211 g/mol. The van der Waals surface area contributed by atoms with Crippen molar-refractivity contribution in [3.05, 3.63) is 28.6 Å². The number of halogens is 1. The van der Waals surface area contributed by atoms with Gasteiger partial charge in [0.1, 0.15) is 5.52 Å². The Hall–Kier alpha value is -1.55. The van der Waals surface area contributed by atoms with Gasteiger partial charge in [0.15, 0.2) is 11.5 Å². The highest BCUT2D eigenvalue weighted by Gasteiger charge is 2.14. The molecular formula is C9H6ClNO3. The molecule has 4 nitrogen and oxygen atoms in total. The van der Waals surface area contributed by atoms with Crippen LogP contribution < -0.4 is 0 Å². The first-order chi connectivity index (χ1) is 6.58. The van der Waals surface area contributed by atoms with Gasteiger partial charge in [-0.25, -0.2) is 9.78 Å². The van der Waals surface area contributed by atoms with E-state index in [9.17, 15) is 4.79 Å². The average Bonchev–Trinajstić information content (AvgIpc) is 2.42. The minimum absolute atomic E-state index is 0.0596. The number of hydrogen-bond acceptors (Lipinski definition) is 3. The zero-order chi connectivity index (χ0) is 10.3. The highest BCUT2D eigenvalue weighted by atomic mass is 35.5. The van der Waals surface area contributed by atoms with E-state index in [4.69, 9.17) is 21.1 Å². The van der Waals surface area contributed by atoms with Crippen LogP contribution in [-0.4, -0.2) is 16.1 Å². The van der Waals surface area contributed by atoms with Crippen molar-refractivity contribution in [2.45, 2.75) is 6.92 Å². The van der Waals surface area contributed by atoms with E-state index in [1.807, 2.05) is 0 Å². The summed E-state index contributed by atoms with van der Waals surface area (Å²) in [6.07, 6.45) is 0. The van der Waals surface area contributed by atoms with Crippen LogP contribution >= 0.6 is 11.6 Å². The van der Waals surface area contributed by atoms with E-state index in [1.165, 1.54) is 6.07 Å². The summed E-state index contributed by atoms with van der Waals surface area (Å²) in [6.45, 7) is 1.65. The molecule has 0 bridgehead atoms. The lowest BCUT2D eigenvalue weighted by molar-refractivity contribution is 0.0699. The zero-order valence-electron chi connectivity index (χ0n) is 7.24. The number of oxazole rings is 1. The molecule has 0 radical (unpaired) electrons. The standard InChI is InChI=1S/C9H6ClNO3/c1-4-11-8-6(9(12)13)2-5(10)3-7(8)14-4/h2-3H,1H3,(H,12,13). The third-order valence-electron chi connectivity index (χ3n) is 1.80. The van der Waals surface area contributed by atoms with Crippen molar-refractivity contribution in [2.75, 3.05) is 0 Å². The molecule has 0 aliphatic rings. The predicted octanol–water partition coefficient (Wildman–Crippen LogP) is 2.49. The lowest BCUT2D eigenvalue weighted by Gasteiger charge is -1.95. The molecule has 0 amide bonds. The van der Waals surface area contributed by atoms with Crippen molar-refractivity contribution in [1.29, 1.82) is 0 Å². The second kappa shape index (κ2) is 2.99. The third kappa shape index (κ3) is 1.33. The maximum absolute atomic E-state index is 10.8. The molecule has 5 heteroatoms. The van der Waals surface area contributed by atoms with Gasteiger partial charge in [0.25, 0.3) is 0 Å². The number of benzene rings is 1. The Bertz CT molecular complexity index is 518.